The molecule has 18 heavy (non-hydrogen) atoms. The average molecular weight is 263 g/mol. The number of carbonyl (C=O) groups is 1. The molecule has 0 atom stereocenters. The molecule has 0 saturated heterocycles. The molecule has 0 aliphatic heterocycles. The van der Waals surface area contributed by atoms with Crippen molar-refractivity contribution in [1.82, 2.24) is 4.98 Å². The molecule has 2 rings (SSSR count). The second-order valence-electron chi connectivity index (χ2n) is 4.29. The molecule has 0 aliphatic carbocycles. The summed E-state index contributed by atoms with van der Waals surface area (Å²) in [5.74, 6) is -0.231. The number of aromatic nitrogens is 1. The number of unbranched alkanes of at least 4 members (excludes halogenated alkanes) is 1. The molecule has 1 aromatic heterocycles. The van der Waals surface area contributed by atoms with Gasteiger partial charge >= 0.3 is 0 Å². The smallest absolute Gasteiger partial charge is 0.217 e. The van der Waals surface area contributed by atoms with Crippen LogP contribution in [0.4, 0.5) is 5.13 Å². The van der Waals surface area contributed by atoms with Crippen molar-refractivity contribution in [3.05, 3.63) is 23.8 Å². The van der Waals surface area contributed by atoms with Crippen molar-refractivity contribution in [2.24, 2.45) is 5.73 Å². The number of rotatable bonds is 6. The van der Waals surface area contributed by atoms with Gasteiger partial charge in [-0.15, -0.1) is 0 Å². The minimum absolute atomic E-state index is 0.231. The molecule has 2 aromatic rings. The Morgan fingerprint density at radius 1 is 1.44 bits per heavy atom. The molecule has 0 radical (unpaired) electrons. The second-order valence-corrected chi connectivity index (χ2v) is 5.32. The molecule has 0 saturated carbocycles. The Kier molecular flexibility index (Phi) is 4.15. The van der Waals surface area contributed by atoms with Gasteiger partial charge in [0.25, 0.3) is 0 Å². The third kappa shape index (κ3) is 3.20. The van der Waals surface area contributed by atoms with E-state index in [-0.39, 0.29) is 5.91 Å². The SMILES string of the molecule is Cc1cccc2sc(NCCCCC(N)=O)nc12. The fourth-order valence-electron chi connectivity index (χ4n) is 1.78. The molecule has 1 heterocycles. The summed E-state index contributed by atoms with van der Waals surface area (Å²) in [4.78, 5) is 15.1. The zero-order valence-electron chi connectivity index (χ0n) is 10.4. The number of aryl methyl sites for hydroxylation is 1. The number of primary amides is 1. The van der Waals surface area contributed by atoms with Gasteiger partial charge in [-0.05, 0) is 31.4 Å². The van der Waals surface area contributed by atoms with Gasteiger partial charge in [0.15, 0.2) is 5.13 Å². The van der Waals surface area contributed by atoms with E-state index < -0.39 is 0 Å². The van der Waals surface area contributed by atoms with E-state index in [1.54, 1.807) is 11.3 Å². The van der Waals surface area contributed by atoms with Crippen LogP contribution >= 0.6 is 11.3 Å². The van der Waals surface area contributed by atoms with Crippen LogP contribution < -0.4 is 11.1 Å². The van der Waals surface area contributed by atoms with E-state index in [2.05, 4.69) is 29.4 Å². The van der Waals surface area contributed by atoms with E-state index in [1.807, 2.05) is 6.07 Å². The highest BCUT2D eigenvalue weighted by molar-refractivity contribution is 7.22. The van der Waals surface area contributed by atoms with Crippen LogP contribution in [0.15, 0.2) is 18.2 Å². The fraction of sp³-hybridized carbons (Fsp3) is 0.385. The fourth-order valence-corrected chi connectivity index (χ4v) is 2.75. The summed E-state index contributed by atoms with van der Waals surface area (Å²) in [5.41, 5.74) is 7.35. The van der Waals surface area contributed by atoms with Crippen molar-refractivity contribution in [3.8, 4) is 0 Å². The van der Waals surface area contributed by atoms with Crippen LogP contribution in [0, 0.1) is 6.92 Å². The number of nitrogens with zero attached hydrogens (tertiary/aromatic N) is 1. The first-order valence-corrected chi connectivity index (χ1v) is 6.87. The van der Waals surface area contributed by atoms with Gasteiger partial charge in [-0.25, -0.2) is 4.98 Å². The summed E-state index contributed by atoms with van der Waals surface area (Å²) in [6.07, 6.45) is 2.21. The zero-order valence-corrected chi connectivity index (χ0v) is 11.2. The molecule has 1 aromatic carbocycles. The van der Waals surface area contributed by atoms with Gasteiger partial charge in [-0.1, -0.05) is 23.5 Å². The number of nitrogens with two attached hydrogens (primary N) is 1. The number of benzene rings is 1. The molecular weight excluding hydrogens is 246 g/mol. The van der Waals surface area contributed by atoms with Crippen LogP contribution in [0.1, 0.15) is 24.8 Å². The first-order chi connectivity index (χ1) is 8.66. The van der Waals surface area contributed by atoms with Crippen molar-refractivity contribution in [2.75, 3.05) is 11.9 Å². The van der Waals surface area contributed by atoms with Crippen LogP contribution in [-0.4, -0.2) is 17.4 Å². The van der Waals surface area contributed by atoms with Gasteiger partial charge in [0, 0.05) is 13.0 Å². The lowest BCUT2D eigenvalue weighted by atomic mass is 10.2. The minimum atomic E-state index is -0.231. The monoisotopic (exact) mass is 263 g/mol. The Bertz CT molecular complexity index is 550. The molecule has 0 bridgehead atoms. The van der Waals surface area contributed by atoms with Crippen LogP contribution in [-0.2, 0) is 4.79 Å². The maximum absolute atomic E-state index is 10.6. The normalized spacial score (nSPS) is 10.7. The van der Waals surface area contributed by atoms with Gasteiger partial charge in [0.2, 0.25) is 5.91 Å². The van der Waals surface area contributed by atoms with Crippen molar-refractivity contribution >= 4 is 32.6 Å². The molecule has 0 unspecified atom stereocenters. The standard InChI is InChI=1S/C13H17N3OS/c1-9-5-4-6-10-12(9)16-13(18-10)15-8-3-2-7-11(14)17/h4-6H,2-3,7-8H2,1H3,(H2,14,17)(H,15,16). The van der Waals surface area contributed by atoms with Crippen molar-refractivity contribution in [2.45, 2.75) is 26.2 Å². The lowest BCUT2D eigenvalue weighted by molar-refractivity contribution is -0.118. The largest absolute Gasteiger partial charge is 0.370 e. The molecule has 4 nitrogen and oxygen atoms in total. The van der Waals surface area contributed by atoms with E-state index in [9.17, 15) is 4.79 Å². The lowest BCUT2D eigenvalue weighted by Gasteiger charge is -2.00. The molecule has 0 spiro atoms. The number of anilines is 1. The molecule has 1 amide bonds. The van der Waals surface area contributed by atoms with Gasteiger partial charge in [-0.2, -0.15) is 0 Å². The predicted molar refractivity (Wildman–Crippen MR) is 75.9 cm³/mol. The summed E-state index contributed by atoms with van der Waals surface area (Å²) in [5, 5.41) is 4.23. The van der Waals surface area contributed by atoms with Crippen LogP contribution in [0.25, 0.3) is 10.2 Å². The van der Waals surface area contributed by atoms with Gasteiger partial charge < -0.3 is 11.1 Å². The third-order valence-electron chi connectivity index (χ3n) is 2.75. The highest BCUT2D eigenvalue weighted by atomic mass is 32.1. The Morgan fingerprint density at radius 2 is 2.28 bits per heavy atom. The van der Waals surface area contributed by atoms with E-state index in [0.717, 1.165) is 30.0 Å². The number of para-hydroxylation sites is 1. The Hall–Kier alpha value is -1.62. The summed E-state index contributed by atoms with van der Waals surface area (Å²) in [6.45, 7) is 2.89. The van der Waals surface area contributed by atoms with Crippen LogP contribution in [0.2, 0.25) is 0 Å². The maximum atomic E-state index is 10.6. The minimum Gasteiger partial charge on any atom is -0.370 e. The number of amides is 1. The van der Waals surface area contributed by atoms with Crippen molar-refractivity contribution < 1.29 is 4.79 Å². The highest BCUT2D eigenvalue weighted by Gasteiger charge is 2.04. The Morgan fingerprint density at radius 3 is 3.00 bits per heavy atom. The van der Waals surface area contributed by atoms with E-state index in [1.165, 1.54) is 10.3 Å². The van der Waals surface area contributed by atoms with Crippen LogP contribution in [0.3, 0.4) is 0 Å². The molecule has 5 heteroatoms. The van der Waals surface area contributed by atoms with Crippen molar-refractivity contribution in [3.63, 3.8) is 0 Å². The van der Waals surface area contributed by atoms with Gasteiger partial charge in [0.05, 0.1) is 10.2 Å². The summed E-state index contributed by atoms with van der Waals surface area (Å²) in [7, 11) is 0. The molecule has 96 valence electrons. The number of hydrogen-bond acceptors (Lipinski definition) is 4. The first kappa shape index (κ1) is 12.8. The summed E-state index contributed by atoms with van der Waals surface area (Å²) < 4.78 is 1.20. The topological polar surface area (TPSA) is 68.0 Å². The van der Waals surface area contributed by atoms with E-state index in [0.29, 0.717) is 6.42 Å². The number of fused-ring (bicyclic) bond motifs is 1. The Balaban J connectivity index is 1.88. The summed E-state index contributed by atoms with van der Waals surface area (Å²) >= 11 is 1.66. The Labute approximate surface area is 110 Å². The zero-order chi connectivity index (χ0) is 13.0. The summed E-state index contributed by atoms with van der Waals surface area (Å²) in [6, 6.07) is 6.20. The second kappa shape index (κ2) is 5.82. The number of nitrogens with one attached hydrogen (secondary N) is 1. The van der Waals surface area contributed by atoms with E-state index >= 15 is 0 Å². The van der Waals surface area contributed by atoms with E-state index in [4.69, 9.17) is 5.73 Å². The first-order valence-electron chi connectivity index (χ1n) is 6.05. The predicted octanol–water partition coefficient (Wildman–Crippen LogP) is 2.67. The van der Waals surface area contributed by atoms with Crippen molar-refractivity contribution in [1.29, 1.82) is 0 Å². The third-order valence-corrected chi connectivity index (χ3v) is 3.73. The molecular formula is C13H17N3OS. The number of carbonyl (C=O) groups excluding carboxylic acids is 1. The molecule has 0 fully saturated rings. The van der Waals surface area contributed by atoms with Gasteiger partial charge in [0.1, 0.15) is 0 Å². The highest BCUT2D eigenvalue weighted by Crippen LogP contribution is 2.27. The quantitative estimate of drug-likeness (QED) is 0.787. The number of hydrogen-bond donors (Lipinski definition) is 2. The van der Waals surface area contributed by atoms with Gasteiger partial charge in [-0.3, -0.25) is 4.79 Å². The molecule has 3 N–H and O–H groups in total. The average Bonchev–Trinajstić information content (AvgIpc) is 2.72. The lowest BCUT2D eigenvalue weighted by Crippen LogP contribution is -2.10. The maximum Gasteiger partial charge on any atom is 0.217 e. The molecule has 0 aliphatic rings. The van der Waals surface area contributed by atoms with Crippen LogP contribution in [0.5, 0.6) is 0 Å². The number of thiazole rings is 1.